The SMILES string of the molecule is CCCCC1(CCCC)NS(=O)(=O)c2ccc(N(C)C)cc2[C@@H](c2cccc(NC(=O)CCCC[N+](CC)(CC)CC)c2)[C@H]1O.O=C([O-])C(F)(F)F. The predicted molar refractivity (Wildman–Crippen MR) is 197 cm³/mol. The smallest absolute Gasteiger partial charge is 0.430 e. The number of carbonyl (C=O) groups is 2. The van der Waals surface area contributed by atoms with Gasteiger partial charge in [-0.1, -0.05) is 51.7 Å². The minimum atomic E-state index is -5.19. The Bertz CT molecular complexity index is 1550. The Morgan fingerprint density at radius 2 is 1.52 bits per heavy atom. The van der Waals surface area contributed by atoms with E-state index in [0.717, 1.165) is 80.4 Å². The number of aliphatic carboxylic acids is 1. The molecule has 3 N–H and O–H groups in total. The topological polar surface area (TPSA) is 139 Å². The number of hydrogen-bond acceptors (Lipinski definition) is 7. The Morgan fingerprint density at radius 3 is 2.02 bits per heavy atom. The van der Waals surface area contributed by atoms with Crippen molar-refractivity contribution >= 4 is 33.3 Å². The first kappa shape index (κ1) is 45.0. The molecule has 1 amide bonds. The molecule has 52 heavy (non-hydrogen) atoms. The van der Waals surface area contributed by atoms with Gasteiger partial charge in [-0.2, -0.15) is 13.2 Å². The van der Waals surface area contributed by atoms with Crippen LogP contribution in [0, 0.1) is 0 Å². The molecule has 2 atom stereocenters. The molecule has 0 aromatic heterocycles. The number of nitrogens with one attached hydrogen (secondary N) is 2. The van der Waals surface area contributed by atoms with E-state index in [0.29, 0.717) is 30.5 Å². The van der Waals surface area contributed by atoms with Crippen molar-refractivity contribution in [2.45, 2.75) is 121 Å². The first-order valence-electron chi connectivity index (χ1n) is 18.4. The van der Waals surface area contributed by atoms with Crippen LogP contribution in [0.15, 0.2) is 47.4 Å². The summed E-state index contributed by atoms with van der Waals surface area (Å²) in [4.78, 5) is 24.0. The number of hydrogen-bond donors (Lipinski definition) is 3. The number of alkyl halides is 3. The molecule has 1 heterocycles. The summed E-state index contributed by atoms with van der Waals surface area (Å²) in [6.07, 6.45) is 0.518. The number of halogens is 3. The molecular formula is C38H59F3N4O6S. The highest BCUT2D eigenvalue weighted by molar-refractivity contribution is 7.89. The van der Waals surface area contributed by atoms with E-state index in [-0.39, 0.29) is 10.8 Å². The van der Waals surface area contributed by atoms with Crippen LogP contribution in [0.5, 0.6) is 0 Å². The van der Waals surface area contributed by atoms with E-state index in [1.807, 2.05) is 55.4 Å². The Labute approximate surface area is 308 Å². The van der Waals surface area contributed by atoms with Gasteiger partial charge in [-0.05, 0) is 87.9 Å². The highest BCUT2D eigenvalue weighted by Gasteiger charge is 2.49. The molecule has 0 bridgehead atoms. The number of sulfonamides is 1. The number of fused-ring (bicyclic) bond motifs is 1. The third kappa shape index (κ3) is 11.9. The van der Waals surface area contributed by atoms with Crippen molar-refractivity contribution in [2.24, 2.45) is 0 Å². The van der Waals surface area contributed by atoms with E-state index in [9.17, 15) is 31.5 Å². The second-order valence-corrected chi connectivity index (χ2v) is 15.6. The molecule has 294 valence electrons. The molecule has 3 rings (SSSR count). The van der Waals surface area contributed by atoms with Crippen LogP contribution < -0.4 is 20.0 Å². The highest BCUT2D eigenvalue weighted by atomic mass is 32.2. The molecule has 14 heteroatoms. The summed E-state index contributed by atoms with van der Waals surface area (Å²) in [6, 6.07) is 13.0. The molecule has 0 aliphatic carbocycles. The number of anilines is 2. The molecule has 1 aliphatic rings. The fraction of sp³-hybridized carbons (Fsp3) is 0.632. The van der Waals surface area contributed by atoms with Crippen LogP contribution in [0.25, 0.3) is 0 Å². The van der Waals surface area contributed by atoms with Crippen LogP contribution in [0.3, 0.4) is 0 Å². The van der Waals surface area contributed by atoms with Gasteiger partial charge in [0.25, 0.3) is 0 Å². The minimum Gasteiger partial charge on any atom is -0.542 e. The molecule has 2 aromatic carbocycles. The maximum absolute atomic E-state index is 14.0. The molecule has 0 spiro atoms. The van der Waals surface area contributed by atoms with Crippen LogP contribution in [0.2, 0.25) is 0 Å². The summed E-state index contributed by atoms with van der Waals surface area (Å²) >= 11 is 0. The van der Waals surface area contributed by atoms with E-state index in [1.165, 1.54) is 0 Å². The number of carboxylic acids is 1. The van der Waals surface area contributed by atoms with Crippen molar-refractivity contribution in [3.8, 4) is 0 Å². The van der Waals surface area contributed by atoms with Gasteiger partial charge in [-0.3, -0.25) is 4.79 Å². The molecule has 0 saturated heterocycles. The van der Waals surface area contributed by atoms with E-state index in [1.54, 1.807) is 6.07 Å². The number of unbranched alkanes of at least 4 members (excludes halogenated alkanes) is 3. The number of aliphatic hydroxyl groups is 1. The average Bonchev–Trinajstić information content (AvgIpc) is 3.16. The minimum absolute atomic E-state index is 0.0315. The fourth-order valence-electron chi connectivity index (χ4n) is 6.95. The van der Waals surface area contributed by atoms with E-state index in [4.69, 9.17) is 9.90 Å². The summed E-state index contributed by atoms with van der Waals surface area (Å²) in [5.41, 5.74) is 1.85. The number of aliphatic hydroxyl groups excluding tert-OH is 1. The zero-order valence-electron chi connectivity index (χ0n) is 31.8. The molecule has 0 saturated carbocycles. The van der Waals surface area contributed by atoms with Gasteiger partial charge in [-0.25, -0.2) is 13.1 Å². The average molecular weight is 757 g/mol. The van der Waals surface area contributed by atoms with Crippen molar-refractivity contribution < 1.29 is 45.9 Å². The van der Waals surface area contributed by atoms with Gasteiger partial charge in [0, 0.05) is 37.8 Å². The highest BCUT2D eigenvalue weighted by Crippen LogP contribution is 2.45. The number of carboxylic acid groups (broad SMARTS) is 1. The zero-order chi connectivity index (χ0) is 39.3. The van der Waals surface area contributed by atoms with Crippen molar-refractivity contribution in [3.05, 3.63) is 53.6 Å². The van der Waals surface area contributed by atoms with Gasteiger partial charge in [0.05, 0.1) is 42.7 Å². The van der Waals surface area contributed by atoms with Crippen LogP contribution in [-0.2, 0) is 19.6 Å². The maximum Gasteiger partial charge on any atom is 0.430 e. The number of quaternary nitrogens is 1. The Kier molecular flexibility index (Phi) is 17.1. The lowest BCUT2D eigenvalue weighted by molar-refractivity contribution is -0.923. The van der Waals surface area contributed by atoms with Crippen molar-refractivity contribution in [2.75, 3.05) is 50.5 Å². The summed E-state index contributed by atoms with van der Waals surface area (Å²) < 4.78 is 63.7. The van der Waals surface area contributed by atoms with E-state index in [2.05, 4.69) is 44.7 Å². The van der Waals surface area contributed by atoms with Crippen molar-refractivity contribution in [1.82, 2.24) is 4.72 Å². The lowest BCUT2D eigenvalue weighted by Crippen LogP contribution is -2.56. The maximum atomic E-state index is 14.0. The molecule has 10 nitrogen and oxygen atoms in total. The molecule has 0 fully saturated rings. The first-order chi connectivity index (χ1) is 24.4. The van der Waals surface area contributed by atoms with Crippen LogP contribution in [0.4, 0.5) is 24.5 Å². The van der Waals surface area contributed by atoms with Gasteiger partial charge >= 0.3 is 6.18 Å². The van der Waals surface area contributed by atoms with Gasteiger partial charge in [0.15, 0.2) is 0 Å². The Hall–Kier alpha value is -3.20. The summed E-state index contributed by atoms with van der Waals surface area (Å²) in [5, 5.41) is 24.3. The second kappa shape index (κ2) is 19.8. The van der Waals surface area contributed by atoms with Crippen molar-refractivity contribution in [1.29, 1.82) is 0 Å². The quantitative estimate of drug-likeness (QED) is 0.134. The van der Waals surface area contributed by atoms with Crippen LogP contribution >= 0.6 is 0 Å². The van der Waals surface area contributed by atoms with Gasteiger partial charge in [-0.15, -0.1) is 0 Å². The predicted octanol–water partition coefficient (Wildman–Crippen LogP) is 5.94. The number of amides is 1. The zero-order valence-corrected chi connectivity index (χ0v) is 32.6. The number of rotatable bonds is 17. The molecular weight excluding hydrogens is 698 g/mol. The standard InChI is InChI=1S/C36H58N4O4S.C2HF3O2/c1-8-13-23-36(24-14-9-2)35(42)34(31-27-30(39(6)7)21-22-32(31)45(43,44)38-36)28-18-17-19-29(26-28)37-33(41)20-15-16-25-40(10-3,11-4)12-5;3-2(4,5)1(6)7/h17-19,21-22,26-27,34-35,38,42H,8-16,20,23-25H2,1-7H3;(H,6,7)/t34-,35-;/m1./s1. The number of carbonyl (C=O) groups excluding carboxylic acids is 2. The third-order valence-electron chi connectivity index (χ3n) is 10.4. The molecule has 0 unspecified atom stereocenters. The van der Waals surface area contributed by atoms with Crippen LogP contribution in [0.1, 0.15) is 109 Å². The first-order valence-corrected chi connectivity index (χ1v) is 19.9. The largest absolute Gasteiger partial charge is 0.542 e. The van der Waals surface area contributed by atoms with Gasteiger partial charge in [0.2, 0.25) is 15.9 Å². The van der Waals surface area contributed by atoms with E-state index < -0.39 is 39.7 Å². The lowest BCUT2D eigenvalue weighted by Gasteiger charge is -2.40. The monoisotopic (exact) mass is 756 g/mol. The lowest BCUT2D eigenvalue weighted by atomic mass is 9.73. The Morgan fingerprint density at radius 1 is 0.942 bits per heavy atom. The van der Waals surface area contributed by atoms with Gasteiger partial charge < -0.3 is 29.7 Å². The number of nitrogens with zero attached hydrogens (tertiary/aromatic N) is 2. The summed E-state index contributed by atoms with van der Waals surface area (Å²) in [7, 11) is -0.0775. The normalized spacial score (nSPS) is 18.0. The van der Waals surface area contributed by atoms with E-state index >= 15 is 0 Å². The van der Waals surface area contributed by atoms with Crippen LogP contribution in [-0.4, -0.2) is 88.0 Å². The molecule has 0 radical (unpaired) electrons. The van der Waals surface area contributed by atoms with Crippen molar-refractivity contribution in [3.63, 3.8) is 0 Å². The third-order valence-corrected chi connectivity index (χ3v) is 12.0. The molecule has 1 aliphatic heterocycles. The summed E-state index contributed by atoms with van der Waals surface area (Å²) in [6.45, 7) is 15.3. The molecule has 2 aromatic rings. The fourth-order valence-corrected chi connectivity index (χ4v) is 8.67. The Balaban J connectivity index is 0.00000121. The summed E-state index contributed by atoms with van der Waals surface area (Å²) in [5.74, 6) is -3.65. The van der Waals surface area contributed by atoms with Gasteiger partial charge in [0.1, 0.15) is 5.97 Å². The number of benzene rings is 2. The second-order valence-electron chi connectivity index (χ2n) is 13.9.